The maximum absolute atomic E-state index is 4.57. The highest BCUT2D eigenvalue weighted by Gasteiger charge is 2.22. The third kappa shape index (κ3) is 6.82. The number of likely N-dealkylation sites (N-methyl/N-ethyl adjacent to an activating group) is 1. The molecule has 8 heteroatoms. The Hall–Kier alpha value is -1.39. The number of pyridine rings is 1. The van der Waals surface area contributed by atoms with Gasteiger partial charge >= 0.3 is 0 Å². The smallest absolute Gasteiger partial charge is 0.191 e. The highest BCUT2D eigenvalue weighted by atomic mass is 127. The van der Waals surface area contributed by atoms with Crippen molar-refractivity contribution < 1.29 is 0 Å². The highest BCUT2D eigenvalue weighted by Crippen LogP contribution is 2.26. The van der Waals surface area contributed by atoms with Crippen LogP contribution in [0.2, 0.25) is 0 Å². The molecule has 3 rings (SSSR count). The number of rotatable bonds is 6. The molecule has 1 fully saturated rings. The summed E-state index contributed by atoms with van der Waals surface area (Å²) in [5, 5.41) is 9.02. The Morgan fingerprint density at radius 2 is 1.97 bits per heavy atom. The van der Waals surface area contributed by atoms with Crippen molar-refractivity contribution in [3.63, 3.8) is 0 Å². The van der Waals surface area contributed by atoms with Crippen molar-refractivity contribution in [2.75, 3.05) is 51.7 Å². The van der Waals surface area contributed by atoms with E-state index in [-0.39, 0.29) is 29.4 Å². The largest absolute Gasteiger partial charge is 0.356 e. The van der Waals surface area contributed by atoms with Crippen LogP contribution < -0.4 is 15.5 Å². The van der Waals surface area contributed by atoms with Crippen molar-refractivity contribution in [3.05, 3.63) is 46.3 Å². The predicted octanol–water partition coefficient (Wildman–Crippen LogP) is 3.16. The van der Waals surface area contributed by atoms with Gasteiger partial charge in [-0.2, -0.15) is 0 Å². The number of guanidine groups is 1. The van der Waals surface area contributed by atoms with Gasteiger partial charge in [0.15, 0.2) is 5.96 Å². The van der Waals surface area contributed by atoms with Gasteiger partial charge in [0.2, 0.25) is 0 Å². The van der Waals surface area contributed by atoms with E-state index in [0.29, 0.717) is 0 Å². The van der Waals surface area contributed by atoms with E-state index >= 15 is 0 Å². The number of piperazine rings is 1. The molecule has 0 aliphatic carbocycles. The number of anilines is 1. The van der Waals surface area contributed by atoms with Gasteiger partial charge in [0.05, 0.1) is 0 Å². The minimum atomic E-state index is 0. The molecule has 2 aromatic heterocycles. The van der Waals surface area contributed by atoms with Gasteiger partial charge < -0.3 is 20.4 Å². The van der Waals surface area contributed by atoms with E-state index in [1.54, 1.807) is 11.3 Å². The number of halogens is 1. The summed E-state index contributed by atoms with van der Waals surface area (Å²) in [6.07, 6.45) is 1.90. The number of aromatic nitrogens is 1. The van der Waals surface area contributed by atoms with Gasteiger partial charge in [-0.05, 0) is 36.2 Å². The van der Waals surface area contributed by atoms with Crippen LogP contribution in [0.4, 0.5) is 5.82 Å². The average Bonchev–Trinajstić information content (AvgIpc) is 3.25. The number of aliphatic imine (C=N–C) groups is 1. The average molecular weight is 529 g/mol. The second kappa shape index (κ2) is 11.1. The molecule has 0 atom stereocenters. The first-order chi connectivity index (χ1) is 13.5. The third-order valence-electron chi connectivity index (χ3n) is 5.21. The Labute approximate surface area is 195 Å². The molecular formula is C21H33IN6S. The molecule has 0 bridgehead atoms. The lowest BCUT2D eigenvalue weighted by atomic mass is 9.91. The zero-order valence-corrected chi connectivity index (χ0v) is 21.0. The molecule has 1 saturated heterocycles. The van der Waals surface area contributed by atoms with Gasteiger partial charge in [-0.3, -0.25) is 4.99 Å². The summed E-state index contributed by atoms with van der Waals surface area (Å²) in [6.45, 7) is 10.3. The molecule has 160 valence electrons. The zero-order chi connectivity index (χ0) is 20.0. The van der Waals surface area contributed by atoms with Crippen LogP contribution in [0.25, 0.3) is 0 Å². The first-order valence-electron chi connectivity index (χ1n) is 9.85. The van der Waals surface area contributed by atoms with Gasteiger partial charge in [-0.15, -0.1) is 35.3 Å². The second-order valence-electron chi connectivity index (χ2n) is 7.95. The molecule has 29 heavy (non-hydrogen) atoms. The summed E-state index contributed by atoms with van der Waals surface area (Å²) < 4.78 is 0. The molecule has 3 heterocycles. The van der Waals surface area contributed by atoms with Crippen LogP contribution >= 0.6 is 35.3 Å². The Bertz CT molecular complexity index is 769. The first-order valence-corrected chi connectivity index (χ1v) is 10.7. The fourth-order valence-corrected chi connectivity index (χ4v) is 4.09. The van der Waals surface area contributed by atoms with Crippen LogP contribution in [0.5, 0.6) is 0 Å². The molecule has 2 aromatic rings. The molecule has 0 saturated carbocycles. The molecule has 0 aromatic carbocycles. The number of hydrogen-bond acceptors (Lipinski definition) is 5. The SMILES string of the molecule is CN=C(NCc1ccnc(N2CCN(C)CC2)c1)NCC(C)(C)c1cccs1.I. The van der Waals surface area contributed by atoms with E-state index in [2.05, 4.69) is 81.0 Å². The Morgan fingerprint density at radius 1 is 1.21 bits per heavy atom. The lowest BCUT2D eigenvalue weighted by Gasteiger charge is -2.33. The number of thiophene rings is 1. The van der Waals surface area contributed by atoms with E-state index in [1.807, 2.05) is 13.2 Å². The molecule has 6 nitrogen and oxygen atoms in total. The maximum Gasteiger partial charge on any atom is 0.191 e. The molecule has 2 N–H and O–H groups in total. The van der Waals surface area contributed by atoms with E-state index < -0.39 is 0 Å². The van der Waals surface area contributed by atoms with E-state index in [0.717, 1.165) is 51.0 Å². The van der Waals surface area contributed by atoms with Gasteiger partial charge in [0.1, 0.15) is 5.82 Å². The Balaban J connectivity index is 0.00000300. The van der Waals surface area contributed by atoms with Gasteiger partial charge in [-0.25, -0.2) is 4.98 Å². The van der Waals surface area contributed by atoms with E-state index in [1.165, 1.54) is 10.4 Å². The van der Waals surface area contributed by atoms with Gasteiger partial charge in [0.25, 0.3) is 0 Å². The topological polar surface area (TPSA) is 55.8 Å². The van der Waals surface area contributed by atoms with Crippen molar-refractivity contribution in [2.24, 2.45) is 4.99 Å². The number of nitrogens with one attached hydrogen (secondary N) is 2. The third-order valence-corrected chi connectivity index (χ3v) is 6.44. The Kier molecular flexibility index (Phi) is 9.16. The fraction of sp³-hybridized carbons (Fsp3) is 0.524. The zero-order valence-electron chi connectivity index (χ0n) is 17.8. The van der Waals surface area contributed by atoms with Crippen LogP contribution in [0.1, 0.15) is 24.3 Å². The molecule has 0 unspecified atom stereocenters. The Morgan fingerprint density at radius 3 is 2.62 bits per heavy atom. The molecule has 0 spiro atoms. The summed E-state index contributed by atoms with van der Waals surface area (Å²) >= 11 is 1.80. The summed E-state index contributed by atoms with van der Waals surface area (Å²) in [5.41, 5.74) is 1.28. The number of hydrogen-bond donors (Lipinski definition) is 2. The molecule has 1 aliphatic heterocycles. The second-order valence-corrected chi connectivity index (χ2v) is 8.90. The van der Waals surface area contributed by atoms with Crippen LogP contribution in [-0.4, -0.2) is 62.7 Å². The van der Waals surface area contributed by atoms with Crippen molar-refractivity contribution in [1.29, 1.82) is 0 Å². The predicted molar refractivity (Wildman–Crippen MR) is 135 cm³/mol. The molecule has 1 aliphatic rings. The van der Waals surface area contributed by atoms with E-state index in [4.69, 9.17) is 0 Å². The van der Waals surface area contributed by atoms with Crippen LogP contribution in [0.15, 0.2) is 40.8 Å². The van der Waals surface area contributed by atoms with Crippen molar-refractivity contribution in [3.8, 4) is 0 Å². The lowest BCUT2D eigenvalue weighted by Crippen LogP contribution is -2.45. The fourth-order valence-electron chi connectivity index (χ4n) is 3.24. The summed E-state index contributed by atoms with van der Waals surface area (Å²) in [5.74, 6) is 1.89. The van der Waals surface area contributed by atoms with Crippen LogP contribution in [-0.2, 0) is 12.0 Å². The molecule has 0 radical (unpaired) electrons. The normalized spacial score (nSPS) is 15.7. The van der Waals surface area contributed by atoms with Gasteiger partial charge in [-0.1, -0.05) is 19.9 Å². The van der Waals surface area contributed by atoms with Crippen LogP contribution in [0.3, 0.4) is 0 Å². The number of nitrogens with zero attached hydrogens (tertiary/aromatic N) is 4. The summed E-state index contributed by atoms with van der Waals surface area (Å²) in [4.78, 5) is 15.0. The molecular weight excluding hydrogens is 495 g/mol. The monoisotopic (exact) mass is 528 g/mol. The maximum atomic E-state index is 4.57. The summed E-state index contributed by atoms with van der Waals surface area (Å²) in [6, 6.07) is 8.55. The molecule has 0 amide bonds. The minimum absolute atomic E-state index is 0. The highest BCUT2D eigenvalue weighted by molar-refractivity contribution is 14.0. The quantitative estimate of drug-likeness (QED) is 0.343. The van der Waals surface area contributed by atoms with E-state index in [9.17, 15) is 0 Å². The standard InChI is InChI=1S/C21H32N6S.HI/c1-21(2,18-6-5-13-28-18)16-25-20(22-3)24-15-17-7-8-23-19(14-17)27-11-9-26(4)10-12-27;/h5-8,13-14H,9-12,15-16H2,1-4H3,(H2,22,24,25);1H. The van der Waals surface area contributed by atoms with Crippen molar-refractivity contribution in [2.45, 2.75) is 25.8 Å². The van der Waals surface area contributed by atoms with Crippen molar-refractivity contribution >= 4 is 47.1 Å². The minimum Gasteiger partial charge on any atom is -0.356 e. The summed E-state index contributed by atoms with van der Waals surface area (Å²) in [7, 11) is 3.99. The van der Waals surface area contributed by atoms with Crippen LogP contribution in [0, 0.1) is 0 Å². The van der Waals surface area contributed by atoms with Crippen molar-refractivity contribution in [1.82, 2.24) is 20.5 Å². The first kappa shape index (κ1) is 23.9. The lowest BCUT2D eigenvalue weighted by molar-refractivity contribution is 0.312. The van der Waals surface area contributed by atoms with Gasteiger partial charge in [0, 0.05) is 62.8 Å².